The van der Waals surface area contributed by atoms with Crippen LogP contribution in [0.2, 0.25) is 0 Å². The van der Waals surface area contributed by atoms with Crippen molar-refractivity contribution in [3.63, 3.8) is 0 Å². The predicted molar refractivity (Wildman–Crippen MR) is 153 cm³/mol. The standard InChI is InChI=1S/C30H60O9/c1-3-5-6-7-8-9-10-11-12-13-15-32-16-17-33-18-19-34-20-21-35-22-23-36-24-25-37-26-27-38-28-29-39-30(31)14-4-2/h3-29H2,1-2H3. The second-order valence-electron chi connectivity index (χ2n) is 9.44. The molecule has 0 rings (SSSR count). The lowest BCUT2D eigenvalue weighted by atomic mass is 10.1. The maximum absolute atomic E-state index is 11.2. The van der Waals surface area contributed by atoms with Gasteiger partial charge in [-0.2, -0.15) is 0 Å². The van der Waals surface area contributed by atoms with E-state index in [1.807, 2.05) is 6.92 Å². The molecule has 0 aliphatic carbocycles. The lowest BCUT2D eigenvalue weighted by Gasteiger charge is -2.08. The molecule has 0 saturated heterocycles. The van der Waals surface area contributed by atoms with Gasteiger partial charge >= 0.3 is 5.97 Å². The quantitative estimate of drug-likeness (QED) is 0.0756. The SMILES string of the molecule is CCCCCCCCCCCCOCCOCCOCCOCCOCCOCCOCCOC(=O)CCC. The van der Waals surface area contributed by atoms with E-state index in [9.17, 15) is 4.79 Å². The van der Waals surface area contributed by atoms with Crippen molar-refractivity contribution in [3.8, 4) is 0 Å². The molecular weight excluding hydrogens is 504 g/mol. The first kappa shape index (κ1) is 38.2. The molecule has 0 bridgehead atoms. The average Bonchev–Trinajstić information content (AvgIpc) is 2.94. The van der Waals surface area contributed by atoms with Gasteiger partial charge in [0.25, 0.3) is 0 Å². The minimum Gasteiger partial charge on any atom is -0.463 e. The van der Waals surface area contributed by atoms with E-state index in [0.29, 0.717) is 92.3 Å². The Bertz CT molecular complexity index is 466. The molecule has 0 aromatic carbocycles. The number of hydrogen-bond acceptors (Lipinski definition) is 9. The third kappa shape index (κ3) is 35.2. The molecule has 9 nitrogen and oxygen atoms in total. The maximum atomic E-state index is 11.2. The average molecular weight is 565 g/mol. The van der Waals surface area contributed by atoms with E-state index in [2.05, 4.69) is 6.92 Å². The van der Waals surface area contributed by atoms with Gasteiger partial charge in [0.05, 0.1) is 85.9 Å². The van der Waals surface area contributed by atoms with Crippen LogP contribution in [0.5, 0.6) is 0 Å². The van der Waals surface area contributed by atoms with Crippen molar-refractivity contribution >= 4 is 5.97 Å². The third-order valence-electron chi connectivity index (χ3n) is 5.82. The van der Waals surface area contributed by atoms with E-state index in [0.717, 1.165) is 19.4 Å². The number of esters is 1. The Balaban J connectivity index is 3.04. The molecule has 39 heavy (non-hydrogen) atoms. The highest BCUT2D eigenvalue weighted by atomic mass is 16.6. The molecule has 0 amide bonds. The molecule has 0 heterocycles. The van der Waals surface area contributed by atoms with Gasteiger partial charge in [-0.05, 0) is 12.8 Å². The molecule has 0 aliphatic heterocycles. The number of carbonyl (C=O) groups excluding carboxylic acids is 1. The molecule has 0 aromatic heterocycles. The van der Waals surface area contributed by atoms with Crippen molar-refractivity contribution in [3.05, 3.63) is 0 Å². The summed E-state index contributed by atoms with van der Waals surface area (Å²) in [7, 11) is 0. The van der Waals surface area contributed by atoms with Crippen LogP contribution in [0.15, 0.2) is 0 Å². The monoisotopic (exact) mass is 564 g/mol. The van der Waals surface area contributed by atoms with Crippen LogP contribution in [0.25, 0.3) is 0 Å². The molecule has 234 valence electrons. The van der Waals surface area contributed by atoms with Crippen molar-refractivity contribution in [2.75, 3.05) is 99.1 Å². The Hall–Kier alpha value is -0.810. The molecule has 0 N–H and O–H groups in total. The Labute approximate surface area is 238 Å². The van der Waals surface area contributed by atoms with Gasteiger partial charge in [0.1, 0.15) is 6.61 Å². The van der Waals surface area contributed by atoms with Crippen molar-refractivity contribution in [1.82, 2.24) is 0 Å². The highest BCUT2D eigenvalue weighted by Gasteiger charge is 2.00. The molecule has 0 fully saturated rings. The zero-order valence-corrected chi connectivity index (χ0v) is 25.3. The summed E-state index contributed by atoms with van der Waals surface area (Å²) in [4.78, 5) is 11.2. The van der Waals surface area contributed by atoms with E-state index in [1.165, 1.54) is 57.8 Å². The fourth-order valence-electron chi connectivity index (χ4n) is 3.60. The molecular formula is C30H60O9. The van der Waals surface area contributed by atoms with Crippen LogP contribution < -0.4 is 0 Å². The Morgan fingerprint density at radius 1 is 0.359 bits per heavy atom. The van der Waals surface area contributed by atoms with Gasteiger partial charge in [-0.1, -0.05) is 71.6 Å². The molecule has 0 radical (unpaired) electrons. The first-order chi connectivity index (χ1) is 19.3. The topological polar surface area (TPSA) is 90.9 Å². The van der Waals surface area contributed by atoms with Crippen LogP contribution in [0.3, 0.4) is 0 Å². The summed E-state index contributed by atoms with van der Waals surface area (Å²) in [5.74, 6) is -0.179. The maximum Gasteiger partial charge on any atom is 0.305 e. The Kier molecular flexibility index (Phi) is 34.5. The van der Waals surface area contributed by atoms with E-state index in [4.69, 9.17) is 37.9 Å². The van der Waals surface area contributed by atoms with Gasteiger partial charge in [-0.3, -0.25) is 4.79 Å². The van der Waals surface area contributed by atoms with Gasteiger partial charge in [-0.15, -0.1) is 0 Å². The highest BCUT2D eigenvalue weighted by Crippen LogP contribution is 2.10. The van der Waals surface area contributed by atoms with Crippen LogP contribution in [0, 0.1) is 0 Å². The van der Waals surface area contributed by atoms with Crippen molar-refractivity contribution in [1.29, 1.82) is 0 Å². The number of hydrogen-bond donors (Lipinski definition) is 0. The zero-order chi connectivity index (χ0) is 28.3. The Morgan fingerprint density at radius 3 is 1.03 bits per heavy atom. The molecule has 0 spiro atoms. The molecule has 0 atom stereocenters. The summed E-state index contributed by atoms with van der Waals surface area (Å²) in [6, 6.07) is 0. The number of unbranched alkanes of at least 4 members (excludes halogenated alkanes) is 9. The van der Waals surface area contributed by atoms with Gasteiger partial charge in [0, 0.05) is 13.0 Å². The van der Waals surface area contributed by atoms with Gasteiger partial charge in [0.2, 0.25) is 0 Å². The summed E-state index contributed by atoms with van der Waals surface area (Å²) < 4.78 is 43.3. The number of carbonyl (C=O) groups is 1. The molecule has 9 heteroatoms. The molecule has 0 unspecified atom stereocenters. The summed E-state index contributed by atoms with van der Waals surface area (Å²) >= 11 is 0. The highest BCUT2D eigenvalue weighted by molar-refractivity contribution is 5.69. The van der Waals surface area contributed by atoms with Crippen LogP contribution in [-0.2, 0) is 42.7 Å². The predicted octanol–water partition coefficient (Wildman–Crippen LogP) is 5.37. The van der Waals surface area contributed by atoms with Crippen molar-refractivity contribution in [2.24, 2.45) is 0 Å². The minimum absolute atomic E-state index is 0.179. The van der Waals surface area contributed by atoms with Crippen molar-refractivity contribution in [2.45, 2.75) is 90.9 Å². The summed E-state index contributed by atoms with van der Waals surface area (Å²) in [5, 5.41) is 0. The fourth-order valence-corrected chi connectivity index (χ4v) is 3.60. The first-order valence-electron chi connectivity index (χ1n) is 15.5. The number of rotatable bonds is 34. The van der Waals surface area contributed by atoms with Crippen molar-refractivity contribution < 1.29 is 42.7 Å². The first-order valence-corrected chi connectivity index (χ1v) is 15.5. The Morgan fingerprint density at radius 2 is 0.667 bits per heavy atom. The van der Waals surface area contributed by atoms with Crippen LogP contribution in [0.4, 0.5) is 0 Å². The molecule has 0 aliphatic rings. The zero-order valence-electron chi connectivity index (χ0n) is 25.3. The fraction of sp³-hybridized carbons (Fsp3) is 0.967. The van der Waals surface area contributed by atoms with E-state index in [-0.39, 0.29) is 12.6 Å². The lowest BCUT2D eigenvalue weighted by Crippen LogP contribution is -2.15. The second kappa shape index (κ2) is 35.2. The summed E-state index contributed by atoms with van der Waals surface area (Å²) in [6.07, 6.45) is 14.7. The van der Waals surface area contributed by atoms with E-state index >= 15 is 0 Å². The smallest absolute Gasteiger partial charge is 0.305 e. The van der Waals surface area contributed by atoms with E-state index in [1.54, 1.807) is 0 Å². The van der Waals surface area contributed by atoms with Crippen LogP contribution in [0.1, 0.15) is 90.9 Å². The summed E-state index contributed by atoms with van der Waals surface area (Å²) in [5.41, 5.74) is 0. The largest absolute Gasteiger partial charge is 0.463 e. The molecule has 0 saturated carbocycles. The minimum atomic E-state index is -0.179. The number of ether oxygens (including phenoxy) is 8. The third-order valence-corrected chi connectivity index (χ3v) is 5.82. The van der Waals surface area contributed by atoms with Gasteiger partial charge in [0.15, 0.2) is 0 Å². The van der Waals surface area contributed by atoms with E-state index < -0.39 is 0 Å². The van der Waals surface area contributed by atoms with Crippen LogP contribution in [-0.4, -0.2) is 105 Å². The summed E-state index contributed by atoms with van der Waals surface area (Å²) in [6.45, 7) is 12.2. The van der Waals surface area contributed by atoms with Crippen LogP contribution >= 0.6 is 0 Å². The lowest BCUT2D eigenvalue weighted by molar-refractivity contribution is -0.145. The normalized spacial score (nSPS) is 11.3. The van der Waals surface area contributed by atoms with Gasteiger partial charge in [-0.25, -0.2) is 0 Å². The second-order valence-corrected chi connectivity index (χ2v) is 9.44. The van der Waals surface area contributed by atoms with Gasteiger partial charge < -0.3 is 37.9 Å². The molecule has 0 aromatic rings.